The molecule has 0 saturated carbocycles. The van der Waals surface area contributed by atoms with Crippen molar-refractivity contribution >= 4 is 11.9 Å². The molecule has 0 amide bonds. The fourth-order valence-electron chi connectivity index (χ4n) is 0.593. The Hall–Kier alpha value is -1.66. The molecule has 0 saturated heterocycles. The van der Waals surface area contributed by atoms with E-state index in [-0.39, 0.29) is 6.42 Å². The molecule has 15 heavy (non-hydrogen) atoms. The largest absolute Gasteiger partial charge is 0.480 e. The highest BCUT2D eigenvalue weighted by Gasteiger charge is 2.10. The predicted molar refractivity (Wildman–Crippen MR) is 53.6 cm³/mol. The first-order valence-corrected chi connectivity index (χ1v) is 4.21. The molecule has 5 N–H and O–H groups in total. The Morgan fingerprint density at radius 1 is 1.47 bits per heavy atom. The van der Waals surface area contributed by atoms with Gasteiger partial charge in [0.15, 0.2) is 0 Å². The fraction of sp³-hybridized carbons (Fsp3) is 0.333. The maximum atomic E-state index is 10.9. The Morgan fingerprint density at radius 3 is 2.53 bits per heavy atom. The summed E-state index contributed by atoms with van der Waals surface area (Å²) in [5, 5.41) is 8.42. The predicted octanol–water partition coefficient (Wildman–Crippen LogP) is -0.641. The van der Waals surface area contributed by atoms with Gasteiger partial charge in [0.05, 0.1) is 6.26 Å². The third-order valence-electron chi connectivity index (χ3n) is 1.51. The second kappa shape index (κ2) is 6.74. The van der Waals surface area contributed by atoms with Gasteiger partial charge in [0.1, 0.15) is 12.1 Å². The molecular formula is C9H14N2O4. The highest BCUT2D eigenvalue weighted by atomic mass is 16.5. The fourth-order valence-corrected chi connectivity index (χ4v) is 0.593. The summed E-state index contributed by atoms with van der Waals surface area (Å²) < 4.78 is 4.56. The summed E-state index contributed by atoms with van der Waals surface area (Å²) in [5.74, 6) is -1.78. The first-order chi connectivity index (χ1) is 6.99. The summed E-state index contributed by atoms with van der Waals surface area (Å²) >= 11 is 0. The van der Waals surface area contributed by atoms with Crippen LogP contribution < -0.4 is 11.5 Å². The third-order valence-corrected chi connectivity index (χ3v) is 1.51. The smallest absolute Gasteiger partial charge is 0.331 e. The molecule has 0 bridgehead atoms. The van der Waals surface area contributed by atoms with Crippen molar-refractivity contribution in [1.29, 1.82) is 0 Å². The van der Waals surface area contributed by atoms with Gasteiger partial charge >= 0.3 is 11.9 Å². The highest BCUT2D eigenvalue weighted by molar-refractivity contribution is 5.78. The van der Waals surface area contributed by atoms with Gasteiger partial charge in [-0.25, -0.2) is 4.79 Å². The highest BCUT2D eigenvalue weighted by Crippen LogP contribution is 1.93. The quantitative estimate of drug-likeness (QED) is 0.307. The van der Waals surface area contributed by atoms with Crippen molar-refractivity contribution in [3.63, 3.8) is 0 Å². The van der Waals surface area contributed by atoms with E-state index in [0.717, 1.165) is 6.26 Å². The SMILES string of the molecule is C=C[C@H](N)C(=O)O/C=C/C[C@H](N)C(=O)O. The Morgan fingerprint density at radius 2 is 2.07 bits per heavy atom. The minimum atomic E-state index is -1.12. The van der Waals surface area contributed by atoms with Gasteiger partial charge in [-0.1, -0.05) is 6.08 Å². The maximum Gasteiger partial charge on any atom is 0.331 e. The molecule has 0 aliphatic carbocycles. The molecule has 0 rings (SSSR count). The van der Waals surface area contributed by atoms with Gasteiger partial charge < -0.3 is 21.3 Å². The molecular weight excluding hydrogens is 200 g/mol. The first-order valence-electron chi connectivity index (χ1n) is 4.21. The van der Waals surface area contributed by atoms with Crippen LogP contribution in [0.2, 0.25) is 0 Å². The van der Waals surface area contributed by atoms with E-state index in [1.165, 1.54) is 12.2 Å². The minimum absolute atomic E-state index is 0.0753. The molecule has 0 aromatic heterocycles. The molecule has 6 nitrogen and oxygen atoms in total. The van der Waals surface area contributed by atoms with Crippen molar-refractivity contribution in [1.82, 2.24) is 0 Å². The van der Waals surface area contributed by atoms with E-state index >= 15 is 0 Å². The number of carboxylic acid groups (broad SMARTS) is 1. The molecule has 0 heterocycles. The van der Waals surface area contributed by atoms with Crippen LogP contribution in [0.25, 0.3) is 0 Å². The number of hydrogen-bond acceptors (Lipinski definition) is 5. The van der Waals surface area contributed by atoms with Crippen molar-refractivity contribution in [2.45, 2.75) is 18.5 Å². The Bertz CT molecular complexity index is 275. The number of carbonyl (C=O) groups excluding carboxylic acids is 1. The van der Waals surface area contributed by atoms with Crippen molar-refractivity contribution in [3.05, 3.63) is 25.0 Å². The lowest BCUT2D eigenvalue weighted by atomic mass is 10.2. The molecule has 0 aromatic rings. The monoisotopic (exact) mass is 214 g/mol. The summed E-state index contributed by atoms with van der Waals surface area (Å²) in [6.07, 6.45) is 3.71. The van der Waals surface area contributed by atoms with E-state index in [1.807, 2.05) is 0 Å². The third kappa shape index (κ3) is 5.61. The van der Waals surface area contributed by atoms with E-state index in [9.17, 15) is 9.59 Å². The molecule has 0 aromatic carbocycles. The van der Waals surface area contributed by atoms with Crippen LogP contribution >= 0.6 is 0 Å². The lowest BCUT2D eigenvalue weighted by molar-refractivity contribution is -0.138. The molecule has 0 radical (unpaired) electrons. The van der Waals surface area contributed by atoms with E-state index in [0.29, 0.717) is 0 Å². The van der Waals surface area contributed by atoms with Gasteiger partial charge in [0, 0.05) is 0 Å². The van der Waals surface area contributed by atoms with E-state index in [2.05, 4.69) is 11.3 Å². The zero-order valence-corrected chi connectivity index (χ0v) is 8.13. The summed E-state index contributed by atoms with van der Waals surface area (Å²) in [7, 11) is 0. The Labute approximate surface area is 87.2 Å². The molecule has 6 heteroatoms. The number of aliphatic carboxylic acids is 1. The van der Waals surface area contributed by atoms with Crippen LogP contribution in [0.4, 0.5) is 0 Å². The lowest BCUT2D eigenvalue weighted by Crippen LogP contribution is -2.29. The second-order valence-corrected chi connectivity index (χ2v) is 2.75. The van der Waals surface area contributed by atoms with Gasteiger partial charge in [0.2, 0.25) is 0 Å². The van der Waals surface area contributed by atoms with Gasteiger partial charge in [-0.05, 0) is 12.5 Å². The number of hydrogen-bond donors (Lipinski definition) is 3. The number of nitrogens with two attached hydrogens (primary N) is 2. The number of ether oxygens (including phenoxy) is 1. The van der Waals surface area contributed by atoms with E-state index in [4.69, 9.17) is 16.6 Å². The zero-order valence-electron chi connectivity index (χ0n) is 8.13. The van der Waals surface area contributed by atoms with Crippen LogP contribution in [-0.4, -0.2) is 29.1 Å². The summed E-state index contributed by atoms with van der Waals surface area (Å²) in [5.41, 5.74) is 10.4. The van der Waals surface area contributed by atoms with Crippen LogP contribution in [0, 0.1) is 0 Å². The summed E-state index contributed by atoms with van der Waals surface area (Å²) in [6.45, 7) is 3.31. The normalized spacial score (nSPS) is 14.5. The van der Waals surface area contributed by atoms with E-state index < -0.39 is 24.0 Å². The molecule has 84 valence electrons. The molecule has 2 atom stereocenters. The standard InChI is InChI=1S/C9H14N2O4/c1-2-6(10)9(14)15-5-3-4-7(11)8(12)13/h2-3,5-7H,1,4,10-11H2,(H,12,13)/b5-3+/t6-,7-/m0/s1. The first kappa shape index (κ1) is 13.3. The maximum absolute atomic E-state index is 10.9. The van der Waals surface area contributed by atoms with Crippen LogP contribution in [0.1, 0.15) is 6.42 Å². The summed E-state index contributed by atoms with van der Waals surface area (Å²) in [4.78, 5) is 21.2. The Kier molecular flexibility index (Phi) is 6.00. The lowest BCUT2D eigenvalue weighted by Gasteiger charge is -2.03. The van der Waals surface area contributed by atoms with Gasteiger partial charge in [0.25, 0.3) is 0 Å². The summed E-state index contributed by atoms with van der Waals surface area (Å²) in [6, 6.07) is -1.89. The van der Waals surface area contributed by atoms with Crippen LogP contribution in [0.5, 0.6) is 0 Å². The Balaban J connectivity index is 3.86. The van der Waals surface area contributed by atoms with Gasteiger partial charge in [-0.3, -0.25) is 4.79 Å². The zero-order chi connectivity index (χ0) is 11.8. The average molecular weight is 214 g/mol. The molecule has 0 unspecified atom stereocenters. The molecule has 0 spiro atoms. The minimum Gasteiger partial charge on any atom is -0.480 e. The van der Waals surface area contributed by atoms with Gasteiger partial charge in [-0.2, -0.15) is 0 Å². The van der Waals surface area contributed by atoms with E-state index in [1.54, 1.807) is 0 Å². The van der Waals surface area contributed by atoms with Gasteiger partial charge in [-0.15, -0.1) is 6.58 Å². The average Bonchev–Trinajstić information content (AvgIpc) is 2.22. The van der Waals surface area contributed by atoms with Crippen LogP contribution in [0.3, 0.4) is 0 Å². The number of rotatable bonds is 6. The van der Waals surface area contributed by atoms with Crippen molar-refractivity contribution < 1.29 is 19.4 Å². The van der Waals surface area contributed by atoms with Crippen molar-refractivity contribution in [2.24, 2.45) is 11.5 Å². The van der Waals surface area contributed by atoms with Crippen LogP contribution in [-0.2, 0) is 14.3 Å². The number of esters is 1. The number of carbonyl (C=O) groups is 2. The molecule has 0 fully saturated rings. The van der Waals surface area contributed by atoms with Crippen LogP contribution in [0.15, 0.2) is 25.0 Å². The van der Waals surface area contributed by atoms with Crippen molar-refractivity contribution in [3.8, 4) is 0 Å². The molecule has 0 aliphatic rings. The topological polar surface area (TPSA) is 116 Å². The second-order valence-electron chi connectivity index (χ2n) is 2.75. The van der Waals surface area contributed by atoms with Crippen molar-refractivity contribution in [2.75, 3.05) is 0 Å². The number of carboxylic acids is 1. The molecule has 0 aliphatic heterocycles.